The van der Waals surface area contributed by atoms with E-state index in [0.717, 1.165) is 37.5 Å². The van der Waals surface area contributed by atoms with Gasteiger partial charge in [-0.15, -0.1) is 0 Å². The van der Waals surface area contributed by atoms with Crippen molar-refractivity contribution in [3.8, 4) is 5.75 Å². The first-order chi connectivity index (χ1) is 8.38. The largest absolute Gasteiger partial charge is 0.493 e. The average molecular weight is 232 g/mol. The van der Waals surface area contributed by atoms with Crippen molar-refractivity contribution in [3.63, 3.8) is 0 Å². The topological polar surface area (TPSA) is 47.3 Å². The number of ether oxygens (including phenoxy) is 1. The van der Waals surface area contributed by atoms with Crippen molar-refractivity contribution in [2.75, 3.05) is 6.61 Å². The molecule has 0 amide bonds. The Labute approximate surface area is 102 Å². The molecule has 0 aromatic heterocycles. The summed E-state index contributed by atoms with van der Waals surface area (Å²) in [5, 5.41) is 0. The van der Waals surface area contributed by atoms with E-state index in [9.17, 15) is 0 Å². The zero-order valence-corrected chi connectivity index (χ0v) is 10.1. The third-order valence-corrected chi connectivity index (χ3v) is 3.81. The van der Waals surface area contributed by atoms with Crippen LogP contribution >= 0.6 is 0 Å². The van der Waals surface area contributed by atoms with Crippen molar-refractivity contribution in [1.29, 1.82) is 0 Å². The van der Waals surface area contributed by atoms with Gasteiger partial charge in [0.1, 0.15) is 5.75 Å². The SMILES string of the molecule is NNC(CC1CC1)c1cccc2c1OCCC2. The molecule has 92 valence electrons. The van der Waals surface area contributed by atoms with E-state index in [4.69, 9.17) is 10.6 Å². The Bertz CT molecular complexity index is 401. The molecule has 3 N–H and O–H groups in total. The van der Waals surface area contributed by atoms with E-state index in [1.807, 2.05) is 0 Å². The highest BCUT2D eigenvalue weighted by molar-refractivity contribution is 5.44. The average Bonchev–Trinajstić information content (AvgIpc) is 3.19. The Morgan fingerprint density at radius 3 is 3.06 bits per heavy atom. The maximum Gasteiger partial charge on any atom is 0.127 e. The number of fused-ring (bicyclic) bond motifs is 1. The summed E-state index contributed by atoms with van der Waals surface area (Å²) in [4.78, 5) is 0. The maximum atomic E-state index is 5.84. The Hall–Kier alpha value is -1.06. The number of hydrogen-bond donors (Lipinski definition) is 2. The fourth-order valence-corrected chi connectivity index (χ4v) is 2.66. The van der Waals surface area contributed by atoms with Gasteiger partial charge in [-0.05, 0) is 30.7 Å². The Kier molecular flexibility index (Phi) is 3.04. The first-order valence-electron chi connectivity index (χ1n) is 6.59. The first-order valence-corrected chi connectivity index (χ1v) is 6.59. The second-order valence-electron chi connectivity index (χ2n) is 5.19. The van der Waals surface area contributed by atoms with Crippen LogP contribution in [0.1, 0.15) is 42.9 Å². The van der Waals surface area contributed by atoms with Crippen molar-refractivity contribution < 1.29 is 4.74 Å². The van der Waals surface area contributed by atoms with Gasteiger partial charge in [-0.3, -0.25) is 11.3 Å². The van der Waals surface area contributed by atoms with E-state index in [-0.39, 0.29) is 6.04 Å². The van der Waals surface area contributed by atoms with E-state index in [2.05, 4.69) is 23.6 Å². The monoisotopic (exact) mass is 232 g/mol. The number of aryl methyl sites for hydroxylation is 1. The fraction of sp³-hybridized carbons (Fsp3) is 0.571. The van der Waals surface area contributed by atoms with Crippen LogP contribution in [0.15, 0.2) is 18.2 Å². The van der Waals surface area contributed by atoms with E-state index < -0.39 is 0 Å². The molecule has 3 rings (SSSR count). The quantitative estimate of drug-likeness (QED) is 0.618. The summed E-state index contributed by atoms with van der Waals surface area (Å²) >= 11 is 0. The van der Waals surface area contributed by atoms with Gasteiger partial charge in [0.15, 0.2) is 0 Å². The molecule has 1 saturated carbocycles. The van der Waals surface area contributed by atoms with E-state index in [0.29, 0.717) is 0 Å². The van der Waals surface area contributed by atoms with Crippen molar-refractivity contribution in [2.45, 2.75) is 38.1 Å². The van der Waals surface area contributed by atoms with Crippen LogP contribution in [0.3, 0.4) is 0 Å². The van der Waals surface area contributed by atoms with E-state index in [1.165, 1.54) is 24.0 Å². The molecule has 1 aliphatic carbocycles. The lowest BCUT2D eigenvalue weighted by Gasteiger charge is -2.24. The van der Waals surface area contributed by atoms with Gasteiger partial charge in [-0.25, -0.2) is 0 Å². The molecule has 0 radical (unpaired) electrons. The number of para-hydroxylation sites is 1. The molecule has 3 heteroatoms. The number of hydrogen-bond acceptors (Lipinski definition) is 3. The zero-order valence-electron chi connectivity index (χ0n) is 10.1. The lowest BCUT2D eigenvalue weighted by atomic mass is 9.95. The van der Waals surface area contributed by atoms with Crippen molar-refractivity contribution >= 4 is 0 Å². The normalized spacial score (nSPS) is 20.5. The van der Waals surface area contributed by atoms with Crippen LogP contribution in [0.25, 0.3) is 0 Å². The molecule has 1 aliphatic heterocycles. The number of nitrogens with two attached hydrogens (primary N) is 1. The second kappa shape index (κ2) is 4.67. The fourth-order valence-electron chi connectivity index (χ4n) is 2.66. The third kappa shape index (κ3) is 2.31. The molecular weight excluding hydrogens is 212 g/mol. The Morgan fingerprint density at radius 1 is 1.41 bits per heavy atom. The van der Waals surface area contributed by atoms with E-state index >= 15 is 0 Å². The first kappa shape index (κ1) is 11.1. The molecule has 1 fully saturated rings. The van der Waals surface area contributed by atoms with Crippen molar-refractivity contribution in [3.05, 3.63) is 29.3 Å². The molecule has 1 atom stereocenters. The highest BCUT2D eigenvalue weighted by Gasteiger charge is 2.28. The summed E-state index contributed by atoms with van der Waals surface area (Å²) in [6.07, 6.45) is 6.10. The molecule has 1 heterocycles. The van der Waals surface area contributed by atoms with Crippen LogP contribution in [0, 0.1) is 5.92 Å². The van der Waals surface area contributed by atoms with Crippen LogP contribution in [-0.4, -0.2) is 6.61 Å². The Morgan fingerprint density at radius 2 is 2.29 bits per heavy atom. The van der Waals surface area contributed by atoms with Gasteiger partial charge in [0.25, 0.3) is 0 Å². The molecule has 0 saturated heterocycles. The van der Waals surface area contributed by atoms with Gasteiger partial charge < -0.3 is 4.74 Å². The highest BCUT2D eigenvalue weighted by Crippen LogP contribution is 2.41. The third-order valence-electron chi connectivity index (χ3n) is 3.81. The standard InChI is InChI=1S/C14H20N2O/c15-16-13(9-10-6-7-10)12-5-1-3-11-4-2-8-17-14(11)12/h1,3,5,10,13,16H,2,4,6-9,15H2. The van der Waals surface area contributed by atoms with E-state index in [1.54, 1.807) is 0 Å². The summed E-state index contributed by atoms with van der Waals surface area (Å²) in [6.45, 7) is 0.838. The molecule has 0 bridgehead atoms. The van der Waals surface area contributed by atoms with Gasteiger partial charge in [0.05, 0.1) is 6.61 Å². The van der Waals surface area contributed by atoms with Gasteiger partial charge >= 0.3 is 0 Å². The predicted octanol–water partition coefficient (Wildman–Crippen LogP) is 2.32. The van der Waals surface area contributed by atoms with Crippen LogP contribution in [-0.2, 0) is 6.42 Å². The van der Waals surface area contributed by atoms with Gasteiger partial charge in [-0.2, -0.15) is 0 Å². The molecule has 1 unspecified atom stereocenters. The second-order valence-corrected chi connectivity index (χ2v) is 5.19. The lowest BCUT2D eigenvalue weighted by molar-refractivity contribution is 0.280. The molecule has 2 aliphatic rings. The number of hydrazine groups is 1. The summed E-state index contributed by atoms with van der Waals surface area (Å²) in [5.41, 5.74) is 5.54. The molecule has 0 spiro atoms. The number of rotatable bonds is 4. The van der Waals surface area contributed by atoms with Crippen LogP contribution in [0.5, 0.6) is 5.75 Å². The summed E-state index contributed by atoms with van der Waals surface area (Å²) in [5.74, 6) is 7.65. The minimum absolute atomic E-state index is 0.246. The predicted molar refractivity (Wildman–Crippen MR) is 67.7 cm³/mol. The molecule has 3 nitrogen and oxygen atoms in total. The highest BCUT2D eigenvalue weighted by atomic mass is 16.5. The number of nitrogens with one attached hydrogen (secondary N) is 1. The summed E-state index contributed by atoms with van der Waals surface area (Å²) in [7, 11) is 0. The zero-order chi connectivity index (χ0) is 11.7. The summed E-state index contributed by atoms with van der Waals surface area (Å²) < 4.78 is 5.84. The summed E-state index contributed by atoms with van der Waals surface area (Å²) in [6, 6.07) is 6.69. The number of benzene rings is 1. The minimum atomic E-state index is 0.246. The molecule has 1 aromatic carbocycles. The van der Waals surface area contributed by atoms with Gasteiger partial charge in [0.2, 0.25) is 0 Å². The lowest BCUT2D eigenvalue weighted by Crippen LogP contribution is -2.29. The van der Waals surface area contributed by atoms with Crippen LogP contribution in [0.4, 0.5) is 0 Å². The molecule has 17 heavy (non-hydrogen) atoms. The maximum absolute atomic E-state index is 5.84. The van der Waals surface area contributed by atoms with Crippen molar-refractivity contribution in [2.24, 2.45) is 11.8 Å². The van der Waals surface area contributed by atoms with Crippen LogP contribution < -0.4 is 16.0 Å². The van der Waals surface area contributed by atoms with Crippen LogP contribution in [0.2, 0.25) is 0 Å². The van der Waals surface area contributed by atoms with Gasteiger partial charge in [0, 0.05) is 11.6 Å². The smallest absolute Gasteiger partial charge is 0.127 e. The van der Waals surface area contributed by atoms with Gasteiger partial charge in [-0.1, -0.05) is 31.0 Å². The molecule has 1 aromatic rings. The Balaban J connectivity index is 1.88. The minimum Gasteiger partial charge on any atom is -0.493 e. The van der Waals surface area contributed by atoms with Crippen molar-refractivity contribution in [1.82, 2.24) is 5.43 Å². The molecular formula is C14H20N2O.